The smallest absolute Gasteiger partial charge is 0.0701 e. The Balaban J connectivity index is 2.47. The lowest BCUT2D eigenvalue weighted by Gasteiger charge is -2.16. The molecule has 0 nitrogen and oxygen atoms in total. The van der Waals surface area contributed by atoms with Crippen LogP contribution in [0.5, 0.6) is 0 Å². The fraction of sp³-hybridized carbons (Fsp3) is 0.286. The van der Waals surface area contributed by atoms with Crippen LogP contribution in [0, 0.1) is 20.8 Å². The molecular weight excluding hydrogens is 360 g/mol. The Morgan fingerprint density at radius 3 is 2.12 bits per heavy atom. The molecule has 0 aliphatic rings. The zero-order valence-electron chi connectivity index (χ0n) is 10.1. The highest BCUT2D eigenvalue weighted by molar-refractivity contribution is 9.11. The fourth-order valence-corrected chi connectivity index (χ4v) is 4.58. The third-order valence-corrected chi connectivity index (χ3v) is 5.38. The van der Waals surface area contributed by atoms with Crippen LogP contribution in [0.4, 0.5) is 0 Å². The number of thiophene rings is 1. The van der Waals surface area contributed by atoms with Crippen molar-refractivity contribution in [2.45, 2.75) is 25.6 Å². The molecule has 1 unspecified atom stereocenters. The van der Waals surface area contributed by atoms with Crippen LogP contribution in [0.2, 0.25) is 0 Å². The third-order valence-electron chi connectivity index (χ3n) is 2.87. The normalized spacial score (nSPS) is 12.8. The molecule has 0 saturated carbocycles. The topological polar surface area (TPSA) is 0 Å². The summed E-state index contributed by atoms with van der Waals surface area (Å²) in [5, 5.41) is 2.20. The number of alkyl halides is 1. The summed E-state index contributed by atoms with van der Waals surface area (Å²) in [4.78, 5) is 0.283. The Kier molecular flexibility index (Phi) is 4.11. The molecule has 0 radical (unpaired) electrons. The predicted molar refractivity (Wildman–Crippen MR) is 83.4 cm³/mol. The van der Waals surface area contributed by atoms with Crippen molar-refractivity contribution in [1.29, 1.82) is 0 Å². The van der Waals surface area contributed by atoms with E-state index in [0.717, 1.165) is 0 Å². The Bertz CT molecular complexity index is 520. The van der Waals surface area contributed by atoms with Gasteiger partial charge in [-0.15, -0.1) is 11.3 Å². The molecule has 0 amide bonds. The van der Waals surface area contributed by atoms with Gasteiger partial charge in [-0.05, 0) is 70.4 Å². The molecule has 2 aromatic rings. The molecule has 0 bridgehead atoms. The molecule has 2 rings (SSSR count). The Morgan fingerprint density at radius 1 is 1.06 bits per heavy atom. The number of hydrogen-bond acceptors (Lipinski definition) is 1. The Hall–Kier alpha value is -0.120. The van der Waals surface area contributed by atoms with Crippen LogP contribution >= 0.6 is 43.2 Å². The standard InChI is InChI=1S/C14H14Br2S/c1-8-4-9(2)13(10(3)5-8)14(16)11-6-12(15)17-7-11/h4-7,14H,1-3H3. The molecule has 0 aliphatic heterocycles. The van der Waals surface area contributed by atoms with E-state index in [1.54, 1.807) is 11.3 Å². The van der Waals surface area contributed by atoms with Crippen LogP contribution in [0.1, 0.15) is 32.6 Å². The molecule has 1 atom stereocenters. The summed E-state index contributed by atoms with van der Waals surface area (Å²) in [6, 6.07) is 6.68. The van der Waals surface area contributed by atoms with E-state index in [2.05, 4.69) is 76.2 Å². The minimum absolute atomic E-state index is 0.283. The summed E-state index contributed by atoms with van der Waals surface area (Å²) in [6.07, 6.45) is 0. The number of rotatable bonds is 2. The van der Waals surface area contributed by atoms with Crippen molar-refractivity contribution in [3.8, 4) is 0 Å². The Labute approximate surface area is 123 Å². The third kappa shape index (κ3) is 2.83. The lowest BCUT2D eigenvalue weighted by Crippen LogP contribution is -1.98. The van der Waals surface area contributed by atoms with Gasteiger partial charge in [-0.3, -0.25) is 0 Å². The molecule has 90 valence electrons. The number of aryl methyl sites for hydroxylation is 3. The van der Waals surface area contributed by atoms with Crippen LogP contribution in [0.3, 0.4) is 0 Å². The first-order chi connectivity index (χ1) is 7.99. The van der Waals surface area contributed by atoms with Gasteiger partial charge in [-0.2, -0.15) is 0 Å². The molecule has 0 spiro atoms. The average molecular weight is 374 g/mol. The second-order valence-corrected chi connectivity index (χ2v) is 7.57. The molecule has 0 saturated heterocycles. The summed E-state index contributed by atoms with van der Waals surface area (Å²) in [5.41, 5.74) is 6.74. The van der Waals surface area contributed by atoms with E-state index in [0.29, 0.717) is 0 Å². The van der Waals surface area contributed by atoms with E-state index in [-0.39, 0.29) is 4.83 Å². The van der Waals surface area contributed by atoms with Gasteiger partial charge >= 0.3 is 0 Å². The first kappa shape index (κ1) is 13.3. The van der Waals surface area contributed by atoms with Gasteiger partial charge in [0.1, 0.15) is 0 Å². The highest BCUT2D eigenvalue weighted by atomic mass is 79.9. The minimum atomic E-state index is 0.283. The van der Waals surface area contributed by atoms with Crippen LogP contribution in [0.15, 0.2) is 27.4 Å². The molecule has 3 heteroatoms. The zero-order chi connectivity index (χ0) is 12.6. The lowest BCUT2D eigenvalue weighted by atomic mass is 9.95. The average Bonchev–Trinajstić information content (AvgIpc) is 2.63. The highest BCUT2D eigenvalue weighted by Crippen LogP contribution is 2.38. The van der Waals surface area contributed by atoms with Crippen molar-refractivity contribution in [2.75, 3.05) is 0 Å². The van der Waals surface area contributed by atoms with Crippen LogP contribution in [-0.4, -0.2) is 0 Å². The van der Waals surface area contributed by atoms with Crippen LogP contribution in [0.25, 0.3) is 0 Å². The first-order valence-corrected chi connectivity index (χ1v) is 8.03. The largest absolute Gasteiger partial charge is 0.136 e. The quantitative estimate of drug-likeness (QED) is 0.573. The second-order valence-electron chi connectivity index (χ2n) is 4.36. The van der Waals surface area contributed by atoms with Crippen molar-refractivity contribution in [3.05, 3.63) is 55.2 Å². The molecule has 1 aromatic carbocycles. The SMILES string of the molecule is Cc1cc(C)c(C(Br)c2csc(Br)c2)c(C)c1. The van der Waals surface area contributed by atoms with Crippen LogP contribution < -0.4 is 0 Å². The van der Waals surface area contributed by atoms with Gasteiger partial charge in [0, 0.05) is 0 Å². The van der Waals surface area contributed by atoms with E-state index in [9.17, 15) is 0 Å². The first-order valence-electron chi connectivity index (χ1n) is 5.45. The minimum Gasteiger partial charge on any atom is -0.136 e. The van der Waals surface area contributed by atoms with Gasteiger partial charge in [0.25, 0.3) is 0 Å². The molecule has 0 aliphatic carbocycles. The van der Waals surface area contributed by atoms with E-state index in [1.807, 2.05) is 0 Å². The zero-order valence-corrected chi connectivity index (χ0v) is 14.0. The maximum atomic E-state index is 3.82. The van der Waals surface area contributed by atoms with Crippen molar-refractivity contribution in [3.63, 3.8) is 0 Å². The summed E-state index contributed by atoms with van der Waals surface area (Å²) in [5.74, 6) is 0. The highest BCUT2D eigenvalue weighted by Gasteiger charge is 2.16. The van der Waals surface area contributed by atoms with Gasteiger partial charge < -0.3 is 0 Å². The van der Waals surface area contributed by atoms with Crippen molar-refractivity contribution >= 4 is 43.2 Å². The summed E-state index contributed by atoms with van der Waals surface area (Å²) in [6.45, 7) is 6.52. The predicted octanol–water partition coefficient (Wildman–Crippen LogP) is 5.92. The molecule has 0 fully saturated rings. The molecule has 0 N–H and O–H groups in total. The summed E-state index contributed by atoms with van der Waals surface area (Å²) >= 11 is 9.07. The molecule has 1 aromatic heterocycles. The fourth-order valence-electron chi connectivity index (χ4n) is 2.21. The molecular formula is C14H14Br2S. The summed E-state index contributed by atoms with van der Waals surface area (Å²) in [7, 11) is 0. The van der Waals surface area contributed by atoms with Crippen molar-refractivity contribution < 1.29 is 0 Å². The van der Waals surface area contributed by atoms with Gasteiger partial charge in [0.05, 0.1) is 8.61 Å². The number of hydrogen-bond donors (Lipinski definition) is 0. The number of halogens is 2. The maximum Gasteiger partial charge on any atom is 0.0701 e. The summed E-state index contributed by atoms with van der Waals surface area (Å²) < 4.78 is 1.18. The van der Waals surface area contributed by atoms with Gasteiger partial charge in [0.15, 0.2) is 0 Å². The Morgan fingerprint density at radius 2 is 1.65 bits per heavy atom. The lowest BCUT2D eigenvalue weighted by molar-refractivity contribution is 1.11. The second kappa shape index (κ2) is 5.25. The van der Waals surface area contributed by atoms with E-state index < -0.39 is 0 Å². The maximum absolute atomic E-state index is 3.82. The van der Waals surface area contributed by atoms with Gasteiger partial charge in [-0.25, -0.2) is 0 Å². The van der Waals surface area contributed by atoms with Gasteiger partial charge in [-0.1, -0.05) is 33.6 Å². The van der Waals surface area contributed by atoms with E-state index >= 15 is 0 Å². The van der Waals surface area contributed by atoms with Crippen molar-refractivity contribution in [1.82, 2.24) is 0 Å². The number of benzene rings is 1. The molecule has 1 heterocycles. The van der Waals surface area contributed by atoms with E-state index in [4.69, 9.17) is 0 Å². The van der Waals surface area contributed by atoms with E-state index in [1.165, 1.54) is 31.6 Å². The van der Waals surface area contributed by atoms with Crippen LogP contribution in [-0.2, 0) is 0 Å². The molecule has 17 heavy (non-hydrogen) atoms. The monoisotopic (exact) mass is 372 g/mol. The van der Waals surface area contributed by atoms with Crippen molar-refractivity contribution in [2.24, 2.45) is 0 Å². The van der Waals surface area contributed by atoms with Gasteiger partial charge in [0.2, 0.25) is 0 Å².